The number of hydrogen-bond donors (Lipinski definition) is 1. The highest BCUT2D eigenvalue weighted by Gasteiger charge is 2.13. The topological polar surface area (TPSA) is 64.6 Å². The summed E-state index contributed by atoms with van der Waals surface area (Å²) in [7, 11) is 0. The van der Waals surface area contributed by atoms with Gasteiger partial charge in [-0.25, -0.2) is 0 Å². The van der Waals surface area contributed by atoms with Crippen LogP contribution in [0.1, 0.15) is 15.9 Å². The van der Waals surface area contributed by atoms with E-state index in [-0.39, 0.29) is 29.5 Å². The molecule has 138 valence electrons. The van der Waals surface area contributed by atoms with Crippen molar-refractivity contribution in [1.82, 2.24) is 5.32 Å². The largest absolute Gasteiger partial charge is 0.460 e. The number of ether oxygens (including phenoxy) is 2. The van der Waals surface area contributed by atoms with E-state index in [1.54, 1.807) is 0 Å². The molecule has 0 aliphatic carbocycles. The Morgan fingerprint density at radius 2 is 1.77 bits per heavy atom. The van der Waals surface area contributed by atoms with Gasteiger partial charge in [0.05, 0.1) is 10.6 Å². The van der Waals surface area contributed by atoms with Gasteiger partial charge in [0.2, 0.25) is 0 Å². The van der Waals surface area contributed by atoms with Gasteiger partial charge in [-0.2, -0.15) is 8.78 Å². The molecule has 0 aromatic heterocycles. The zero-order valence-corrected chi connectivity index (χ0v) is 14.7. The summed E-state index contributed by atoms with van der Waals surface area (Å²) >= 11 is 11.7. The molecule has 0 heterocycles. The van der Waals surface area contributed by atoms with Crippen molar-refractivity contribution < 1.29 is 27.8 Å². The van der Waals surface area contributed by atoms with Gasteiger partial charge in [-0.3, -0.25) is 9.59 Å². The molecule has 0 saturated carbocycles. The number of halogens is 4. The molecule has 2 rings (SSSR count). The lowest BCUT2D eigenvalue weighted by Crippen LogP contribution is -2.30. The lowest BCUT2D eigenvalue weighted by Gasteiger charge is -2.09. The number of hydrogen-bond acceptors (Lipinski definition) is 4. The van der Waals surface area contributed by atoms with E-state index < -0.39 is 18.5 Å². The van der Waals surface area contributed by atoms with Crippen LogP contribution in [-0.4, -0.2) is 25.0 Å². The Bertz CT molecular complexity index is 785. The average molecular weight is 404 g/mol. The molecule has 0 aliphatic heterocycles. The number of carbonyl (C=O) groups excluding carboxylic acids is 2. The lowest BCUT2D eigenvalue weighted by atomic mass is 10.2. The standard InChI is InChI=1S/C17H13Cl2F2NO4/c18-11-3-6-13(14(19)7-11)16(24)22-8-15(23)25-9-10-1-4-12(5-2-10)26-17(20)21/h1-7,17H,8-9H2,(H,22,24). The van der Waals surface area contributed by atoms with Crippen LogP contribution in [0.2, 0.25) is 10.0 Å². The molecule has 0 spiro atoms. The number of esters is 1. The summed E-state index contributed by atoms with van der Waals surface area (Å²) in [4.78, 5) is 23.6. The Kier molecular flexibility index (Phi) is 7.17. The van der Waals surface area contributed by atoms with E-state index in [1.807, 2.05) is 0 Å². The van der Waals surface area contributed by atoms with Gasteiger partial charge in [-0.1, -0.05) is 35.3 Å². The minimum Gasteiger partial charge on any atom is -0.460 e. The van der Waals surface area contributed by atoms with Gasteiger partial charge >= 0.3 is 12.6 Å². The summed E-state index contributed by atoms with van der Waals surface area (Å²) in [5, 5.41) is 2.93. The molecule has 0 atom stereocenters. The van der Waals surface area contributed by atoms with Crippen LogP contribution in [0.4, 0.5) is 8.78 Å². The van der Waals surface area contributed by atoms with Crippen LogP contribution in [0.3, 0.4) is 0 Å². The molecule has 1 amide bonds. The molecule has 26 heavy (non-hydrogen) atoms. The van der Waals surface area contributed by atoms with E-state index in [0.29, 0.717) is 10.6 Å². The van der Waals surface area contributed by atoms with Crippen LogP contribution in [0.15, 0.2) is 42.5 Å². The van der Waals surface area contributed by atoms with Crippen molar-refractivity contribution in [3.63, 3.8) is 0 Å². The van der Waals surface area contributed by atoms with Crippen LogP contribution in [0.25, 0.3) is 0 Å². The molecule has 0 aliphatic rings. The number of carbonyl (C=O) groups is 2. The number of amides is 1. The molecular formula is C17H13Cl2F2NO4. The van der Waals surface area contributed by atoms with Gasteiger partial charge < -0.3 is 14.8 Å². The predicted molar refractivity (Wildman–Crippen MR) is 91.7 cm³/mol. The van der Waals surface area contributed by atoms with Crippen molar-refractivity contribution >= 4 is 35.1 Å². The van der Waals surface area contributed by atoms with Crippen LogP contribution in [0, 0.1) is 0 Å². The first-order valence-electron chi connectivity index (χ1n) is 7.28. The number of rotatable bonds is 7. The molecule has 2 aromatic carbocycles. The first-order chi connectivity index (χ1) is 12.3. The fraction of sp³-hybridized carbons (Fsp3) is 0.176. The fourth-order valence-corrected chi connectivity index (χ4v) is 2.40. The van der Waals surface area contributed by atoms with Gasteiger partial charge in [-0.15, -0.1) is 0 Å². The van der Waals surface area contributed by atoms with E-state index in [0.717, 1.165) is 0 Å². The predicted octanol–water partition coefficient (Wildman–Crippen LogP) is 4.07. The van der Waals surface area contributed by atoms with Crippen molar-refractivity contribution in [2.45, 2.75) is 13.2 Å². The number of nitrogens with one attached hydrogen (secondary N) is 1. The van der Waals surface area contributed by atoms with E-state index in [9.17, 15) is 18.4 Å². The second kappa shape index (κ2) is 9.35. The van der Waals surface area contributed by atoms with Crippen LogP contribution < -0.4 is 10.1 Å². The molecule has 2 aromatic rings. The Hall–Kier alpha value is -2.38. The average Bonchev–Trinajstić information content (AvgIpc) is 2.58. The third kappa shape index (κ3) is 6.16. The van der Waals surface area contributed by atoms with E-state index >= 15 is 0 Å². The van der Waals surface area contributed by atoms with Gasteiger partial charge in [0, 0.05) is 5.02 Å². The van der Waals surface area contributed by atoms with Crippen molar-refractivity contribution in [3.05, 3.63) is 63.6 Å². The first kappa shape index (κ1) is 19.9. The minimum atomic E-state index is -2.91. The lowest BCUT2D eigenvalue weighted by molar-refractivity contribution is -0.143. The molecule has 0 bridgehead atoms. The Balaban J connectivity index is 1.79. The van der Waals surface area contributed by atoms with Gasteiger partial charge in [-0.05, 0) is 35.9 Å². The van der Waals surface area contributed by atoms with E-state index in [1.165, 1.54) is 42.5 Å². The van der Waals surface area contributed by atoms with Gasteiger partial charge in [0.25, 0.3) is 5.91 Å². The monoisotopic (exact) mass is 403 g/mol. The SMILES string of the molecule is O=C(CNC(=O)c1ccc(Cl)cc1Cl)OCc1ccc(OC(F)F)cc1. The summed E-state index contributed by atoms with van der Waals surface area (Å²) in [6, 6.07) is 9.99. The molecule has 0 radical (unpaired) electrons. The highest BCUT2D eigenvalue weighted by Crippen LogP contribution is 2.20. The first-order valence-corrected chi connectivity index (χ1v) is 8.03. The normalized spacial score (nSPS) is 10.5. The van der Waals surface area contributed by atoms with Gasteiger partial charge in [0.15, 0.2) is 0 Å². The highest BCUT2D eigenvalue weighted by atomic mass is 35.5. The second-order valence-electron chi connectivity index (χ2n) is 4.99. The molecular weight excluding hydrogens is 391 g/mol. The molecule has 0 fully saturated rings. The van der Waals surface area contributed by atoms with Crippen molar-refractivity contribution in [2.24, 2.45) is 0 Å². The third-order valence-corrected chi connectivity index (χ3v) is 3.67. The summed E-state index contributed by atoms with van der Waals surface area (Å²) < 4.78 is 33.3. The fourth-order valence-electron chi connectivity index (χ4n) is 1.90. The maximum absolute atomic E-state index is 12.1. The number of benzene rings is 2. The third-order valence-electron chi connectivity index (χ3n) is 3.12. The maximum Gasteiger partial charge on any atom is 0.387 e. The maximum atomic E-state index is 12.1. The second-order valence-corrected chi connectivity index (χ2v) is 5.83. The molecule has 0 saturated heterocycles. The molecule has 9 heteroatoms. The zero-order chi connectivity index (χ0) is 19.1. The van der Waals surface area contributed by atoms with Gasteiger partial charge in [0.1, 0.15) is 18.9 Å². The minimum absolute atomic E-state index is 0.00202. The van der Waals surface area contributed by atoms with Crippen LogP contribution in [0.5, 0.6) is 5.75 Å². The van der Waals surface area contributed by atoms with E-state index in [4.69, 9.17) is 27.9 Å². The smallest absolute Gasteiger partial charge is 0.387 e. The van der Waals surface area contributed by atoms with Crippen LogP contribution >= 0.6 is 23.2 Å². The Labute approximate surface area is 157 Å². The Morgan fingerprint density at radius 1 is 1.08 bits per heavy atom. The quantitative estimate of drug-likeness (QED) is 0.707. The van der Waals surface area contributed by atoms with Crippen molar-refractivity contribution in [2.75, 3.05) is 6.54 Å². The summed E-state index contributed by atoms with van der Waals surface area (Å²) in [5.74, 6) is -1.21. The highest BCUT2D eigenvalue weighted by molar-refractivity contribution is 6.36. The zero-order valence-electron chi connectivity index (χ0n) is 13.2. The summed E-state index contributed by atoms with van der Waals surface area (Å²) in [6.45, 7) is -3.34. The molecule has 5 nitrogen and oxygen atoms in total. The number of alkyl halides is 2. The summed E-state index contributed by atoms with van der Waals surface area (Å²) in [6.07, 6.45) is 0. The van der Waals surface area contributed by atoms with Crippen LogP contribution in [-0.2, 0) is 16.1 Å². The van der Waals surface area contributed by atoms with Crippen molar-refractivity contribution in [1.29, 1.82) is 0 Å². The van der Waals surface area contributed by atoms with E-state index in [2.05, 4.69) is 10.1 Å². The molecule has 0 unspecified atom stereocenters. The van der Waals surface area contributed by atoms with Crippen molar-refractivity contribution in [3.8, 4) is 5.75 Å². The molecule has 1 N–H and O–H groups in total. The summed E-state index contributed by atoms with van der Waals surface area (Å²) in [5.41, 5.74) is 0.755. The Morgan fingerprint density at radius 3 is 2.38 bits per heavy atom.